The molecule has 0 radical (unpaired) electrons. The minimum absolute atomic E-state index is 0.508. The van der Waals surface area contributed by atoms with Crippen molar-refractivity contribution in [3.63, 3.8) is 0 Å². The van der Waals surface area contributed by atoms with Crippen LogP contribution in [0.5, 0.6) is 5.06 Å². The summed E-state index contributed by atoms with van der Waals surface area (Å²) in [5.74, 6) is -0.508. The Bertz CT molecular complexity index is 330. The predicted octanol–water partition coefficient (Wildman–Crippen LogP) is 2.79. The van der Waals surface area contributed by atoms with Crippen LogP contribution in [0.25, 0.3) is 0 Å². The van der Waals surface area contributed by atoms with E-state index in [1.807, 2.05) is 11.4 Å². The zero-order valence-electron chi connectivity index (χ0n) is 8.07. The fourth-order valence-corrected chi connectivity index (χ4v) is 2.23. The first-order valence-electron chi connectivity index (χ1n) is 4.79. The van der Waals surface area contributed by atoms with Crippen LogP contribution >= 0.6 is 22.9 Å². The van der Waals surface area contributed by atoms with E-state index in [-0.39, 0.29) is 0 Å². The molecule has 15 heavy (non-hydrogen) atoms. The van der Waals surface area contributed by atoms with Gasteiger partial charge in [-0.25, -0.2) is 4.79 Å². The second-order valence-corrected chi connectivity index (χ2v) is 4.88. The second-order valence-electron chi connectivity index (χ2n) is 3.36. The van der Waals surface area contributed by atoms with Crippen LogP contribution in [0, 0.1) is 0 Å². The molecule has 0 amide bonds. The van der Waals surface area contributed by atoms with Crippen molar-refractivity contribution in [3.8, 4) is 5.06 Å². The van der Waals surface area contributed by atoms with E-state index >= 15 is 0 Å². The van der Waals surface area contributed by atoms with E-state index in [4.69, 9.17) is 21.1 Å². The SMILES string of the molecule is O=C(Oc1cccs1)C1(Cl)CCCCO1. The van der Waals surface area contributed by atoms with Gasteiger partial charge in [-0.05, 0) is 30.4 Å². The number of rotatable bonds is 2. The molecule has 0 spiro atoms. The Hall–Kier alpha value is -0.580. The molecular weight excluding hydrogens is 236 g/mol. The standard InChI is InChI=1S/C10H11ClO3S/c11-10(5-1-2-6-13-10)9(12)14-8-4-3-7-15-8/h3-4,7H,1-2,5-6H2. The van der Waals surface area contributed by atoms with Crippen molar-refractivity contribution in [3.05, 3.63) is 17.5 Å². The van der Waals surface area contributed by atoms with Crippen LogP contribution in [0.2, 0.25) is 0 Å². The van der Waals surface area contributed by atoms with Gasteiger partial charge < -0.3 is 9.47 Å². The summed E-state index contributed by atoms with van der Waals surface area (Å²) in [7, 11) is 0. The van der Waals surface area contributed by atoms with Crippen molar-refractivity contribution in [2.24, 2.45) is 0 Å². The zero-order valence-corrected chi connectivity index (χ0v) is 9.64. The van der Waals surface area contributed by atoms with Crippen molar-refractivity contribution in [2.45, 2.75) is 24.3 Å². The summed E-state index contributed by atoms with van der Waals surface area (Å²) in [4.78, 5) is 11.7. The summed E-state index contributed by atoms with van der Waals surface area (Å²) in [6.45, 7) is 0.517. The topological polar surface area (TPSA) is 35.5 Å². The van der Waals surface area contributed by atoms with E-state index < -0.39 is 11.0 Å². The molecule has 0 N–H and O–H groups in total. The third-order valence-corrected chi connectivity index (χ3v) is 3.41. The Morgan fingerprint density at radius 3 is 3.07 bits per heavy atom. The smallest absolute Gasteiger partial charge is 0.360 e. The minimum atomic E-state index is -1.28. The van der Waals surface area contributed by atoms with Gasteiger partial charge in [-0.15, -0.1) is 11.3 Å². The maximum atomic E-state index is 11.7. The van der Waals surface area contributed by atoms with Gasteiger partial charge in [0, 0.05) is 13.0 Å². The lowest BCUT2D eigenvalue weighted by Crippen LogP contribution is -2.41. The molecule has 1 aromatic heterocycles. The fourth-order valence-electron chi connectivity index (χ4n) is 1.41. The van der Waals surface area contributed by atoms with Crippen LogP contribution in [-0.2, 0) is 9.53 Å². The summed E-state index contributed by atoms with van der Waals surface area (Å²) < 4.78 is 10.4. The molecule has 1 atom stereocenters. The van der Waals surface area contributed by atoms with E-state index in [2.05, 4.69) is 0 Å². The van der Waals surface area contributed by atoms with Gasteiger partial charge in [0.05, 0.1) is 0 Å². The van der Waals surface area contributed by atoms with E-state index in [0.29, 0.717) is 18.1 Å². The molecule has 0 aliphatic carbocycles. The molecule has 1 aliphatic rings. The average Bonchev–Trinajstić information content (AvgIpc) is 2.71. The highest BCUT2D eigenvalue weighted by molar-refractivity contribution is 7.11. The van der Waals surface area contributed by atoms with Gasteiger partial charge in [0.15, 0.2) is 5.06 Å². The van der Waals surface area contributed by atoms with Crippen molar-refractivity contribution >= 4 is 28.9 Å². The van der Waals surface area contributed by atoms with Gasteiger partial charge in [-0.3, -0.25) is 0 Å². The summed E-state index contributed by atoms with van der Waals surface area (Å²) in [6, 6.07) is 3.54. The molecule has 0 aromatic carbocycles. The number of hydrogen-bond donors (Lipinski definition) is 0. The highest BCUT2D eigenvalue weighted by Gasteiger charge is 2.41. The van der Waals surface area contributed by atoms with Gasteiger partial charge >= 0.3 is 5.97 Å². The summed E-state index contributed by atoms with van der Waals surface area (Å²) >= 11 is 7.41. The lowest BCUT2D eigenvalue weighted by atomic mass is 10.1. The molecule has 0 saturated carbocycles. The molecular formula is C10H11ClO3S. The largest absolute Gasteiger partial charge is 0.412 e. The number of thiophene rings is 1. The van der Waals surface area contributed by atoms with Gasteiger partial charge in [0.1, 0.15) is 0 Å². The van der Waals surface area contributed by atoms with Crippen molar-refractivity contribution in [1.82, 2.24) is 0 Å². The Balaban J connectivity index is 2.00. The monoisotopic (exact) mass is 246 g/mol. The molecule has 1 fully saturated rings. The maximum Gasteiger partial charge on any atom is 0.360 e. The van der Waals surface area contributed by atoms with E-state index in [0.717, 1.165) is 12.8 Å². The van der Waals surface area contributed by atoms with Crippen LogP contribution < -0.4 is 4.74 Å². The molecule has 1 aromatic rings. The number of carbonyl (C=O) groups excluding carboxylic acids is 1. The molecule has 0 bridgehead atoms. The predicted molar refractivity (Wildman–Crippen MR) is 58.3 cm³/mol. The highest BCUT2D eigenvalue weighted by Crippen LogP contribution is 2.31. The molecule has 2 rings (SSSR count). The zero-order chi connectivity index (χ0) is 10.7. The van der Waals surface area contributed by atoms with Crippen molar-refractivity contribution in [2.75, 3.05) is 6.61 Å². The molecule has 1 aliphatic heterocycles. The van der Waals surface area contributed by atoms with Crippen LogP contribution in [-0.4, -0.2) is 17.6 Å². The molecule has 5 heteroatoms. The van der Waals surface area contributed by atoms with Crippen LogP contribution in [0.1, 0.15) is 19.3 Å². The molecule has 1 unspecified atom stereocenters. The van der Waals surface area contributed by atoms with Crippen LogP contribution in [0.15, 0.2) is 17.5 Å². The maximum absolute atomic E-state index is 11.7. The Morgan fingerprint density at radius 2 is 2.47 bits per heavy atom. The first-order valence-corrected chi connectivity index (χ1v) is 6.05. The molecule has 1 saturated heterocycles. The van der Waals surface area contributed by atoms with Crippen LogP contribution in [0.3, 0.4) is 0 Å². The normalized spacial score (nSPS) is 26.2. The fraction of sp³-hybridized carbons (Fsp3) is 0.500. The number of carbonyl (C=O) groups is 1. The average molecular weight is 247 g/mol. The molecule has 3 nitrogen and oxygen atoms in total. The quantitative estimate of drug-likeness (QED) is 0.595. The van der Waals surface area contributed by atoms with Gasteiger partial charge in [0.25, 0.3) is 0 Å². The summed E-state index contributed by atoms with van der Waals surface area (Å²) in [5.41, 5.74) is 0. The number of halogens is 1. The van der Waals surface area contributed by atoms with Crippen molar-refractivity contribution < 1.29 is 14.3 Å². The third-order valence-electron chi connectivity index (χ3n) is 2.22. The highest BCUT2D eigenvalue weighted by atomic mass is 35.5. The lowest BCUT2D eigenvalue weighted by molar-refractivity contribution is -0.155. The number of alkyl halides is 1. The third kappa shape index (κ3) is 2.51. The number of esters is 1. The first-order chi connectivity index (χ1) is 7.21. The van der Waals surface area contributed by atoms with Crippen molar-refractivity contribution in [1.29, 1.82) is 0 Å². The molecule has 2 heterocycles. The minimum Gasteiger partial charge on any atom is -0.412 e. The van der Waals surface area contributed by atoms with E-state index in [9.17, 15) is 4.79 Å². The summed E-state index contributed by atoms with van der Waals surface area (Å²) in [6.07, 6.45) is 2.35. The van der Waals surface area contributed by atoms with E-state index in [1.165, 1.54) is 11.3 Å². The number of hydrogen-bond acceptors (Lipinski definition) is 4. The Kier molecular flexibility index (Phi) is 3.29. The first kappa shape index (κ1) is 10.9. The Morgan fingerprint density at radius 1 is 1.60 bits per heavy atom. The lowest BCUT2D eigenvalue weighted by Gasteiger charge is -2.28. The van der Waals surface area contributed by atoms with Gasteiger partial charge in [0.2, 0.25) is 5.06 Å². The van der Waals surface area contributed by atoms with Gasteiger partial charge in [-0.2, -0.15) is 0 Å². The van der Waals surface area contributed by atoms with Gasteiger partial charge in [-0.1, -0.05) is 11.6 Å². The summed E-state index contributed by atoms with van der Waals surface area (Å²) in [5, 5.41) is 1.11. The molecule has 82 valence electrons. The number of ether oxygens (including phenoxy) is 2. The van der Waals surface area contributed by atoms with E-state index in [1.54, 1.807) is 6.07 Å². The van der Waals surface area contributed by atoms with Crippen LogP contribution in [0.4, 0.5) is 0 Å². The Labute approximate surface area is 96.9 Å². The second kappa shape index (κ2) is 4.51.